The number of aryl methyl sites for hydroxylation is 1. The highest BCUT2D eigenvalue weighted by Crippen LogP contribution is 2.56. The van der Waals surface area contributed by atoms with E-state index in [9.17, 15) is 27.8 Å². The molecule has 0 unspecified atom stereocenters. The summed E-state index contributed by atoms with van der Waals surface area (Å²) in [6.07, 6.45) is 2.00. The standard InChI is InChI=1S/C24H24N5O9PS/c1-28-20-18(10-19(23(28)31)21(30)27-12-17-4-2-16(11-25)3-5-17)6-9-26-22(20)36-13-24(7-8-24)40(34,35)29-14-37-39(32,33)38-15-29/h2-6,9-10,32-33H,7-8,12-15H2,1H3/p+1. The average Bonchev–Trinajstić information content (AvgIpc) is 3.74. The van der Waals surface area contributed by atoms with Gasteiger partial charge in [-0.2, -0.15) is 15.0 Å². The molecule has 3 aromatic rings. The van der Waals surface area contributed by atoms with Crippen molar-refractivity contribution in [1.82, 2.24) is 19.2 Å². The number of ether oxygens (including phenoxy) is 1. The zero-order valence-electron chi connectivity index (χ0n) is 21.2. The molecule has 1 aliphatic heterocycles. The summed E-state index contributed by atoms with van der Waals surface area (Å²) in [4.78, 5) is 49.0. The molecule has 1 saturated heterocycles. The average molecular weight is 591 g/mol. The van der Waals surface area contributed by atoms with Crippen LogP contribution in [0.2, 0.25) is 0 Å². The molecule has 2 aliphatic rings. The van der Waals surface area contributed by atoms with Crippen molar-refractivity contribution in [3.8, 4) is 11.9 Å². The van der Waals surface area contributed by atoms with E-state index < -0.39 is 47.9 Å². The van der Waals surface area contributed by atoms with Crippen LogP contribution >= 0.6 is 8.17 Å². The summed E-state index contributed by atoms with van der Waals surface area (Å²) in [5, 5.41) is 12.1. The molecule has 0 spiro atoms. The molecule has 1 saturated carbocycles. The van der Waals surface area contributed by atoms with Crippen molar-refractivity contribution in [2.24, 2.45) is 7.05 Å². The Kier molecular flexibility index (Phi) is 7.36. The predicted octanol–water partition coefficient (Wildman–Crippen LogP) is 0.902. The van der Waals surface area contributed by atoms with Crippen molar-refractivity contribution < 1.29 is 36.8 Å². The number of aromatic nitrogens is 2. The Morgan fingerprint density at radius 3 is 2.52 bits per heavy atom. The molecule has 16 heteroatoms. The number of sulfonamides is 1. The van der Waals surface area contributed by atoms with Crippen molar-refractivity contribution in [2.45, 2.75) is 24.1 Å². The Bertz CT molecular complexity index is 1670. The molecule has 1 aliphatic carbocycles. The molecule has 40 heavy (non-hydrogen) atoms. The first-order valence-electron chi connectivity index (χ1n) is 12.0. The van der Waals surface area contributed by atoms with Crippen LogP contribution in [0.15, 0.2) is 47.4 Å². The van der Waals surface area contributed by atoms with Crippen molar-refractivity contribution >= 4 is 35.0 Å². The molecule has 2 aromatic heterocycles. The van der Waals surface area contributed by atoms with Gasteiger partial charge in [0, 0.05) is 25.2 Å². The SMILES string of the molecule is Cn1c(=O)c(C(=O)NCc2ccc(C#N)cc2)cc2ccnc(OCC3(S(=O)(=O)N4CO[P+](O)(O)OC4)CC3)c21. The lowest BCUT2D eigenvalue weighted by molar-refractivity contribution is -0.00162. The van der Waals surface area contributed by atoms with Crippen LogP contribution in [0.4, 0.5) is 0 Å². The number of nitrogens with zero attached hydrogens (tertiary/aromatic N) is 4. The van der Waals surface area contributed by atoms with Crippen LogP contribution in [0.1, 0.15) is 34.3 Å². The fraction of sp³-hybridized carbons (Fsp3) is 0.333. The Hall–Kier alpha value is -3.48. The fourth-order valence-electron chi connectivity index (χ4n) is 4.23. The van der Waals surface area contributed by atoms with Crippen LogP contribution in [-0.2, 0) is 32.7 Å². The Balaban J connectivity index is 1.33. The molecule has 3 heterocycles. The van der Waals surface area contributed by atoms with E-state index in [1.54, 1.807) is 30.3 Å². The molecule has 0 radical (unpaired) electrons. The summed E-state index contributed by atoms with van der Waals surface area (Å²) in [5.41, 5.74) is 0.831. The van der Waals surface area contributed by atoms with Gasteiger partial charge in [0.05, 0.1) is 11.6 Å². The Labute approximate surface area is 229 Å². The number of nitrogens with one attached hydrogen (secondary N) is 1. The van der Waals surface area contributed by atoms with E-state index in [2.05, 4.69) is 10.3 Å². The molecular weight excluding hydrogens is 565 g/mol. The van der Waals surface area contributed by atoms with Crippen molar-refractivity contribution in [3.63, 3.8) is 0 Å². The fourth-order valence-corrected chi connectivity index (χ4v) is 6.79. The number of hydrogen-bond donors (Lipinski definition) is 3. The van der Waals surface area contributed by atoms with E-state index in [0.29, 0.717) is 10.9 Å². The lowest BCUT2D eigenvalue weighted by atomic mass is 10.1. The van der Waals surface area contributed by atoms with Gasteiger partial charge in [0.2, 0.25) is 15.9 Å². The second kappa shape index (κ2) is 10.5. The van der Waals surface area contributed by atoms with Crippen molar-refractivity contribution in [3.05, 3.63) is 69.6 Å². The van der Waals surface area contributed by atoms with E-state index in [4.69, 9.17) is 19.0 Å². The van der Waals surface area contributed by atoms with E-state index in [1.807, 2.05) is 6.07 Å². The summed E-state index contributed by atoms with van der Waals surface area (Å²) in [5.74, 6) is -0.567. The summed E-state index contributed by atoms with van der Waals surface area (Å²) < 4.78 is 42.5. The summed E-state index contributed by atoms with van der Waals surface area (Å²) >= 11 is 0. The van der Waals surface area contributed by atoms with E-state index in [0.717, 1.165) is 9.87 Å². The van der Waals surface area contributed by atoms with E-state index in [1.165, 1.54) is 23.9 Å². The number of benzene rings is 1. The lowest BCUT2D eigenvalue weighted by Crippen LogP contribution is -2.47. The molecule has 0 bridgehead atoms. The normalized spacial score (nSPS) is 18.1. The minimum atomic E-state index is -4.03. The van der Waals surface area contributed by atoms with Gasteiger partial charge in [-0.25, -0.2) is 13.4 Å². The summed E-state index contributed by atoms with van der Waals surface area (Å²) in [6.45, 7) is -1.26. The lowest BCUT2D eigenvalue weighted by Gasteiger charge is -2.29. The highest BCUT2D eigenvalue weighted by molar-refractivity contribution is 7.90. The third-order valence-corrected chi connectivity index (χ3v) is 10.2. The first-order valence-corrected chi connectivity index (χ1v) is 15.0. The third kappa shape index (κ3) is 5.30. The highest BCUT2D eigenvalue weighted by Gasteiger charge is 2.60. The number of amides is 1. The van der Waals surface area contributed by atoms with Gasteiger partial charge in [-0.1, -0.05) is 12.1 Å². The van der Waals surface area contributed by atoms with Crippen LogP contribution in [-0.4, -0.2) is 62.8 Å². The zero-order chi connectivity index (χ0) is 28.7. The van der Waals surface area contributed by atoms with Crippen LogP contribution in [0, 0.1) is 11.3 Å². The molecule has 210 valence electrons. The van der Waals surface area contributed by atoms with Crippen molar-refractivity contribution in [1.29, 1.82) is 5.26 Å². The third-order valence-electron chi connectivity index (χ3n) is 6.78. The zero-order valence-corrected chi connectivity index (χ0v) is 22.9. The topological polar surface area (TPSA) is 193 Å². The van der Waals surface area contributed by atoms with Gasteiger partial charge in [0.15, 0.2) is 13.5 Å². The molecule has 1 amide bonds. The summed E-state index contributed by atoms with van der Waals surface area (Å²) in [7, 11) is -6.57. The molecule has 2 fully saturated rings. The minimum absolute atomic E-state index is 0.0184. The number of carbonyl (C=O) groups is 1. The maximum atomic E-state index is 13.2. The molecule has 5 rings (SSSR count). The van der Waals surface area contributed by atoms with E-state index in [-0.39, 0.29) is 43.0 Å². The summed E-state index contributed by atoms with van der Waals surface area (Å²) in [6, 6.07) is 11.7. The van der Waals surface area contributed by atoms with Crippen LogP contribution in [0.3, 0.4) is 0 Å². The molecule has 14 nitrogen and oxygen atoms in total. The van der Waals surface area contributed by atoms with Gasteiger partial charge in [0.1, 0.15) is 22.4 Å². The number of rotatable bonds is 8. The Morgan fingerprint density at radius 1 is 1.23 bits per heavy atom. The quantitative estimate of drug-likeness (QED) is 0.316. The first-order chi connectivity index (χ1) is 19.0. The number of pyridine rings is 2. The smallest absolute Gasteiger partial charge is 0.474 e. The largest absolute Gasteiger partial charge is 0.572 e. The van der Waals surface area contributed by atoms with Gasteiger partial charge >= 0.3 is 8.17 Å². The van der Waals surface area contributed by atoms with Crippen LogP contribution in [0.25, 0.3) is 10.9 Å². The highest BCUT2D eigenvalue weighted by atomic mass is 32.2. The van der Waals surface area contributed by atoms with Gasteiger partial charge in [-0.3, -0.25) is 9.59 Å². The predicted molar refractivity (Wildman–Crippen MR) is 141 cm³/mol. The number of fused-ring (bicyclic) bond motifs is 1. The van der Waals surface area contributed by atoms with Gasteiger partial charge in [-0.05, 0) is 42.7 Å². The second-order valence-electron chi connectivity index (χ2n) is 9.40. The first kappa shape index (κ1) is 28.1. The Morgan fingerprint density at radius 2 is 1.90 bits per heavy atom. The van der Waals surface area contributed by atoms with Gasteiger partial charge in [0.25, 0.3) is 11.5 Å². The maximum absolute atomic E-state index is 13.2. The molecule has 0 atom stereocenters. The van der Waals surface area contributed by atoms with Crippen molar-refractivity contribution in [2.75, 3.05) is 20.1 Å². The number of nitriles is 1. The van der Waals surface area contributed by atoms with Gasteiger partial charge in [-0.15, -0.1) is 13.4 Å². The second-order valence-corrected chi connectivity index (χ2v) is 13.2. The number of hydrogen-bond acceptors (Lipinski definition) is 11. The minimum Gasteiger partial charge on any atom is -0.474 e. The van der Waals surface area contributed by atoms with Crippen LogP contribution < -0.4 is 15.6 Å². The molecule has 1 aromatic carbocycles. The monoisotopic (exact) mass is 590 g/mol. The van der Waals surface area contributed by atoms with E-state index >= 15 is 0 Å². The molecule has 3 N–H and O–H groups in total. The maximum Gasteiger partial charge on any atom is 0.572 e. The number of carbonyl (C=O) groups excluding carboxylic acids is 1. The van der Waals surface area contributed by atoms with Gasteiger partial charge < -0.3 is 14.6 Å². The van der Waals surface area contributed by atoms with Crippen LogP contribution in [0.5, 0.6) is 5.88 Å². The molecular formula is C24H25N5O9PS+.